The molecule has 21 heavy (non-hydrogen) atoms. The van der Waals surface area contributed by atoms with Crippen molar-refractivity contribution >= 4 is 21.4 Å². The van der Waals surface area contributed by atoms with Gasteiger partial charge in [-0.25, -0.2) is 4.39 Å². The number of halogens is 1. The van der Waals surface area contributed by atoms with Crippen molar-refractivity contribution < 1.29 is 4.39 Å². The van der Waals surface area contributed by atoms with Gasteiger partial charge in [-0.2, -0.15) is 0 Å². The minimum absolute atomic E-state index is 0.123. The summed E-state index contributed by atoms with van der Waals surface area (Å²) < 4.78 is 15.7. The monoisotopic (exact) mass is 299 g/mol. The molecule has 0 aliphatic heterocycles. The molecule has 0 spiro atoms. The third-order valence-corrected chi connectivity index (χ3v) is 4.86. The second-order valence-corrected chi connectivity index (χ2v) is 6.30. The minimum atomic E-state index is -0.137. The topological polar surface area (TPSA) is 12.0 Å². The lowest BCUT2D eigenvalue weighted by Gasteiger charge is -2.20. The number of nitrogens with one attached hydrogen (secondary N) is 1. The number of aryl methyl sites for hydroxylation is 2. The molecule has 0 fully saturated rings. The summed E-state index contributed by atoms with van der Waals surface area (Å²) in [5.41, 5.74) is 3.83. The van der Waals surface area contributed by atoms with Crippen molar-refractivity contribution in [1.82, 2.24) is 5.32 Å². The summed E-state index contributed by atoms with van der Waals surface area (Å²) in [7, 11) is 1.88. The van der Waals surface area contributed by atoms with E-state index in [9.17, 15) is 4.39 Å². The highest BCUT2D eigenvalue weighted by atomic mass is 32.1. The Bertz CT molecular complexity index is 768. The van der Waals surface area contributed by atoms with Gasteiger partial charge in [0, 0.05) is 10.3 Å². The van der Waals surface area contributed by atoms with Crippen LogP contribution in [0.25, 0.3) is 10.1 Å². The zero-order valence-electron chi connectivity index (χ0n) is 12.4. The van der Waals surface area contributed by atoms with E-state index in [0.29, 0.717) is 0 Å². The lowest BCUT2D eigenvalue weighted by molar-refractivity contribution is 0.574. The van der Waals surface area contributed by atoms with Gasteiger partial charge < -0.3 is 5.32 Å². The minimum Gasteiger partial charge on any atom is -0.309 e. The first-order valence-electron chi connectivity index (χ1n) is 7.02. The smallest absolute Gasteiger partial charge is 0.128 e. The molecule has 1 N–H and O–H groups in total. The number of thiophene rings is 1. The van der Waals surface area contributed by atoms with Crippen molar-refractivity contribution in [1.29, 1.82) is 0 Å². The van der Waals surface area contributed by atoms with Crippen molar-refractivity contribution in [3.05, 3.63) is 69.8 Å². The average Bonchev–Trinajstić information content (AvgIpc) is 2.86. The van der Waals surface area contributed by atoms with Gasteiger partial charge in [0.05, 0.1) is 6.04 Å². The van der Waals surface area contributed by atoms with Gasteiger partial charge in [-0.3, -0.25) is 0 Å². The lowest BCUT2D eigenvalue weighted by Crippen LogP contribution is -2.20. The molecule has 0 radical (unpaired) electrons. The Morgan fingerprint density at radius 1 is 1.14 bits per heavy atom. The molecule has 1 unspecified atom stereocenters. The van der Waals surface area contributed by atoms with Crippen LogP contribution in [-0.2, 0) is 0 Å². The van der Waals surface area contributed by atoms with Gasteiger partial charge in [0.15, 0.2) is 0 Å². The van der Waals surface area contributed by atoms with Crippen LogP contribution >= 0.6 is 11.3 Å². The summed E-state index contributed by atoms with van der Waals surface area (Å²) in [6, 6.07) is 11.8. The van der Waals surface area contributed by atoms with Gasteiger partial charge in [0.2, 0.25) is 0 Å². The third-order valence-electron chi connectivity index (χ3n) is 3.88. The highest BCUT2D eigenvalue weighted by Crippen LogP contribution is 2.35. The molecule has 1 heterocycles. The molecule has 0 bridgehead atoms. The van der Waals surface area contributed by atoms with E-state index in [1.807, 2.05) is 39.1 Å². The molecule has 3 aromatic rings. The van der Waals surface area contributed by atoms with Crippen molar-refractivity contribution in [2.24, 2.45) is 0 Å². The van der Waals surface area contributed by atoms with E-state index in [4.69, 9.17) is 0 Å². The molecule has 3 heteroatoms. The summed E-state index contributed by atoms with van der Waals surface area (Å²) >= 11 is 1.70. The zero-order chi connectivity index (χ0) is 15.0. The predicted octanol–water partition coefficient (Wildman–Crippen LogP) is 4.97. The molecule has 0 saturated heterocycles. The molecule has 0 saturated carbocycles. The fraction of sp³-hybridized carbons (Fsp3) is 0.222. The Kier molecular flexibility index (Phi) is 3.79. The van der Waals surface area contributed by atoms with Crippen LogP contribution in [0.5, 0.6) is 0 Å². The molecular weight excluding hydrogens is 281 g/mol. The highest BCUT2D eigenvalue weighted by Gasteiger charge is 2.21. The van der Waals surface area contributed by atoms with E-state index >= 15 is 0 Å². The molecule has 2 aromatic carbocycles. The maximum atomic E-state index is 14.5. The van der Waals surface area contributed by atoms with Crippen LogP contribution in [0.3, 0.4) is 0 Å². The first-order chi connectivity index (χ1) is 10.1. The fourth-order valence-electron chi connectivity index (χ4n) is 2.97. The van der Waals surface area contributed by atoms with Crippen LogP contribution < -0.4 is 5.32 Å². The molecular formula is C18H18FNS. The highest BCUT2D eigenvalue weighted by molar-refractivity contribution is 7.17. The van der Waals surface area contributed by atoms with Gasteiger partial charge in [-0.15, -0.1) is 11.3 Å². The second-order valence-electron chi connectivity index (χ2n) is 5.39. The van der Waals surface area contributed by atoms with E-state index in [0.717, 1.165) is 22.3 Å². The largest absolute Gasteiger partial charge is 0.309 e. The zero-order valence-corrected chi connectivity index (χ0v) is 13.2. The molecule has 1 aromatic heterocycles. The lowest BCUT2D eigenvalue weighted by atomic mass is 9.93. The Morgan fingerprint density at radius 3 is 2.62 bits per heavy atom. The Morgan fingerprint density at radius 2 is 1.90 bits per heavy atom. The molecule has 3 rings (SSSR count). The third kappa shape index (κ3) is 2.47. The van der Waals surface area contributed by atoms with Gasteiger partial charge in [-0.05, 0) is 60.5 Å². The number of hydrogen-bond donors (Lipinski definition) is 1. The number of benzene rings is 2. The SMILES string of the molecule is CNC(c1c(C)cc(C)cc1F)c1csc2ccccc12. The summed E-state index contributed by atoms with van der Waals surface area (Å²) in [6.07, 6.45) is 0. The van der Waals surface area contributed by atoms with E-state index in [1.54, 1.807) is 17.4 Å². The Balaban J connectivity index is 2.19. The molecule has 0 aliphatic rings. The summed E-state index contributed by atoms with van der Waals surface area (Å²) in [4.78, 5) is 0. The molecule has 1 nitrogen and oxygen atoms in total. The predicted molar refractivity (Wildman–Crippen MR) is 88.6 cm³/mol. The summed E-state index contributed by atoms with van der Waals surface area (Å²) in [5, 5.41) is 6.61. The van der Waals surface area contributed by atoms with E-state index in [2.05, 4.69) is 22.8 Å². The van der Waals surface area contributed by atoms with Gasteiger partial charge in [-0.1, -0.05) is 24.3 Å². The van der Waals surface area contributed by atoms with E-state index in [1.165, 1.54) is 10.1 Å². The Labute approximate surface area is 128 Å². The summed E-state index contributed by atoms with van der Waals surface area (Å²) in [5.74, 6) is -0.137. The summed E-state index contributed by atoms with van der Waals surface area (Å²) in [6.45, 7) is 3.90. The number of hydrogen-bond acceptors (Lipinski definition) is 2. The molecule has 1 atom stereocenters. The van der Waals surface area contributed by atoms with Crippen LogP contribution in [0.1, 0.15) is 28.3 Å². The molecule has 108 valence electrons. The van der Waals surface area contributed by atoms with E-state index in [-0.39, 0.29) is 11.9 Å². The van der Waals surface area contributed by atoms with Gasteiger partial charge in [0.1, 0.15) is 5.82 Å². The first-order valence-corrected chi connectivity index (χ1v) is 7.90. The average molecular weight is 299 g/mol. The van der Waals surface area contributed by atoms with Crippen molar-refractivity contribution in [2.75, 3.05) is 7.05 Å². The maximum Gasteiger partial charge on any atom is 0.128 e. The normalized spacial score (nSPS) is 12.8. The number of rotatable bonds is 3. The van der Waals surface area contributed by atoms with E-state index < -0.39 is 0 Å². The van der Waals surface area contributed by atoms with Gasteiger partial charge in [0.25, 0.3) is 0 Å². The second kappa shape index (κ2) is 5.58. The maximum absolute atomic E-state index is 14.5. The van der Waals surface area contributed by atoms with Crippen LogP contribution in [-0.4, -0.2) is 7.05 Å². The quantitative estimate of drug-likeness (QED) is 0.720. The van der Waals surface area contributed by atoms with Crippen LogP contribution in [0.4, 0.5) is 4.39 Å². The van der Waals surface area contributed by atoms with Crippen molar-refractivity contribution in [2.45, 2.75) is 19.9 Å². The van der Waals surface area contributed by atoms with Crippen LogP contribution in [0, 0.1) is 19.7 Å². The molecule has 0 amide bonds. The first kappa shape index (κ1) is 14.2. The molecule has 0 aliphatic carbocycles. The number of fused-ring (bicyclic) bond motifs is 1. The fourth-order valence-corrected chi connectivity index (χ4v) is 3.96. The van der Waals surface area contributed by atoms with Crippen LogP contribution in [0.2, 0.25) is 0 Å². The standard InChI is InChI=1S/C18H18FNS/c1-11-8-12(2)17(15(19)9-11)18(20-3)14-10-21-16-7-5-4-6-13(14)16/h4-10,18,20H,1-3H3. The van der Waals surface area contributed by atoms with Crippen LogP contribution in [0.15, 0.2) is 41.8 Å². The van der Waals surface area contributed by atoms with Crippen molar-refractivity contribution in [3.8, 4) is 0 Å². The van der Waals surface area contributed by atoms with Crippen molar-refractivity contribution in [3.63, 3.8) is 0 Å². The van der Waals surface area contributed by atoms with Gasteiger partial charge >= 0.3 is 0 Å². The Hall–Kier alpha value is -1.71.